The van der Waals surface area contributed by atoms with Crippen LogP contribution in [0.15, 0.2) is 42.5 Å². The Kier molecular flexibility index (Phi) is 7.16. The highest BCUT2D eigenvalue weighted by Crippen LogP contribution is 2.34. The summed E-state index contributed by atoms with van der Waals surface area (Å²) in [6, 6.07) is 12.5. The molecule has 1 atom stereocenters. The molecule has 1 fully saturated rings. The molecule has 1 N–H and O–H groups in total. The number of nitrogens with zero attached hydrogens (tertiary/aromatic N) is 1. The number of ether oxygens (including phenoxy) is 3. The maximum Gasteiger partial charge on any atom is 0.300 e. The Morgan fingerprint density at radius 1 is 1.17 bits per heavy atom. The third kappa shape index (κ3) is 6.27. The molecule has 2 aliphatic heterocycles. The predicted molar refractivity (Wildman–Crippen MR) is 108 cm³/mol. The first-order valence-corrected chi connectivity index (χ1v) is 9.74. The van der Waals surface area contributed by atoms with E-state index in [0.717, 1.165) is 55.8 Å². The van der Waals surface area contributed by atoms with Crippen LogP contribution in [0.2, 0.25) is 0 Å². The minimum Gasteiger partial charge on any atom is -0.493 e. The number of aliphatic carboxylic acids is 1. The molecule has 7 heteroatoms. The number of benzene rings is 2. The van der Waals surface area contributed by atoms with Gasteiger partial charge in [0, 0.05) is 37.7 Å². The number of carboxylic acid groups (broad SMARTS) is 1. The molecule has 1 unspecified atom stereocenters. The molecule has 0 saturated carbocycles. The van der Waals surface area contributed by atoms with Gasteiger partial charge in [-0.15, -0.1) is 0 Å². The van der Waals surface area contributed by atoms with Crippen LogP contribution in [-0.4, -0.2) is 44.0 Å². The van der Waals surface area contributed by atoms with E-state index in [0.29, 0.717) is 25.7 Å². The fourth-order valence-corrected chi connectivity index (χ4v) is 3.42. The van der Waals surface area contributed by atoms with E-state index < -0.39 is 5.97 Å². The van der Waals surface area contributed by atoms with E-state index in [1.54, 1.807) is 0 Å². The van der Waals surface area contributed by atoms with Crippen LogP contribution in [0.3, 0.4) is 0 Å². The van der Waals surface area contributed by atoms with Crippen molar-refractivity contribution in [1.29, 1.82) is 0 Å². The lowest BCUT2D eigenvalue weighted by Crippen LogP contribution is -2.37. The molecular formula is C22H26FNO5. The number of hydrogen-bond acceptors (Lipinski definition) is 5. The Bertz CT molecular complexity index is 807. The summed E-state index contributed by atoms with van der Waals surface area (Å²) in [6.45, 7) is 4.85. The number of halogens is 1. The van der Waals surface area contributed by atoms with Crippen molar-refractivity contribution in [3.63, 3.8) is 0 Å². The van der Waals surface area contributed by atoms with Crippen molar-refractivity contribution in [1.82, 2.24) is 0 Å². The quantitative estimate of drug-likeness (QED) is 0.833. The Morgan fingerprint density at radius 2 is 1.86 bits per heavy atom. The number of piperidine rings is 1. The summed E-state index contributed by atoms with van der Waals surface area (Å²) < 4.78 is 30.2. The largest absolute Gasteiger partial charge is 0.493 e. The molecule has 2 aliphatic rings. The lowest BCUT2D eigenvalue weighted by Gasteiger charge is -2.34. The Labute approximate surface area is 169 Å². The lowest BCUT2D eigenvalue weighted by atomic mass is 9.98. The first-order valence-electron chi connectivity index (χ1n) is 9.74. The molecule has 2 aromatic carbocycles. The van der Waals surface area contributed by atoms with Gasteiger partial charge in [-0.1, -0.05) is 0 Å². The van der Waals surface area contributed by atoms with Crippen LogP contribution in [0.4, 0.5) is 10.1 Å². The molecule has 29 heavy (non-hydrogen) atoms. The van der Waals surface area contributed by atoms with Crippen molar-refractivity contribution in [2.24, 2.45) is 5.92 Å². The number of rotatable bonds is 4. The minimum atomic E-state index is -0.833. The van der Waals surface area contributed by atoms with Gasteiger partial charge in [-0.05, 0) is 49.2 Å². The highest BCUT2D eigenvalue weighted by atomic mass is 19.1. The molecule has 4 rings (SSSR count). The van der Waals surface area contributed by atoms with Gasteiger partial charge in [-0.2, -0.15) is 0 Å². The Balaban J connectivity index is 0.000000552. The monoisotopic (exact) mass is 403 g/mol. The second kappa shape index (κ2) is 10.0. The Hall–Kier alpha value is -2.96. The fourth-order valence-electron chi connectivity index (χ4n) is 3.42. The van der Waals surface area contributed by atoms with Gasteiger partial charge < -0.3 is 24.2 Å². The maximum absolute atomic E-state index is 13.1. The molecule has 0 bridgehead atoms. The lowest BCUT2D eigenvalue weighted by molar-refractivity contribution is -0.134. The molecule has 6 nitrogen and oxygen atoms in total. The van der Waals surface area contributed by atoms with Crippen LogP contribution in [-0.2, 0) is 4.79 Å². The van der Waals surface area contributed by atoms with E-state index in [2.05, 4.69) is 4.90 Å². The van der Waals surface area contributed by atoms with Gasteiger partial charge in [0.2, 0.25) is 0 Å². The fraction of sp³-hybridized carbons (Fsp3) is 0.409. The summed E-state index contributed by atoms with van der Waals surface area (Å²) in [5.74, 6) is 1.76. The van der Waals surface area contributed by atoms with E-state index in [4.69, 9.17) is 24.1 Å². The zero-order valence-electron chi connectivity index (χ0n) is 16.5. The molecule has 156 valence electrons. The first-order chi connectivity index (χ1) is 14.0. The molecule has 0 radical (unpaired) electrons. The standard InChI is InChI=1S/C20H22FNO3.C2H4O2/c21-16-3-5-17(6-4-16)22-9-1-2-15(13-22)14-25-18-7-8-19-20(12-18)24-11-10-23-19;1-2(3)4/h3-8,12,15H,1-2,9-11,13-14H2;1H3,(H,3,4). The van der Waals surface area contributed by atoms with Crippen LogP contribution in [0, 0.1) is 11.7 Å². The third-order valence-electron chi connectivity index (χ3n) is 4.71. The van der Waals surface area contributed by atoms with Crippen LogP contribution in [0.25, 0.3) is 0 Å². The van der Waals surface area contributed by atoms with Crippen LogP contribution in [0.1, 0.15) is 19.8 Å². The van der Waals surface area contributed by atoms with Crippen molar-refractivity contribution in [2.45, 2.75) is 19.8 Å². The van der Waals surface area contributed by atoms with Gasteiger partial charge in [-0.3, -0.25) is 4.79 Å². The average molecular weight is 403 g/mol. The van der Waals surface area contributed by atoms with Crippen molar-refractivity contribution in [3.05, 3.63) is 48.3 Å². The summed E-state index contributed by atoms with van der Waals surface area (Å²) in [5.41, 5.74) is 1.07. The molecule has 2 heterocycles. The molecule has 0 aromatic heterocycles. The van der Waals surface area contributed by atoms with Gasteiger partial charge in [0.1, 0.15) is 24.8 Å². The molecule has 2 aromatic rings. The highest BCUT2D eigenvalue weighted by Gasteiger charge is 2.21. The second-order valence-electron chi connectivity index (χ2n) is 7.07. The van der Waals surface area contributed by atoms with E-state index in [9.17, 15) is 4.39 Å². The predicted octanol–water partition coefficient (Wildman–Crippen LogP) is 3.98. The molecule has 0 aliphatic carbocycles. The average Bonchev–Trinajstić information content (AvgIpc) is 2.72. The van der Waals surface area contributed by atoms with Gasteiger partial charge >= 0.3 is 0 Å². The molecule has 0 spiro atoms. The van der Waals surface area contributed by atoms with Gasteiger partial charge in [0.15, 0.2) is 11.5 Å². The number of hydrogen-bond donors (Lipinski definition) is 1. The normalized spacial score (nSPS) is 17.7. The van der Waals surface area contributed by atoms with Gasteiger partial charge in [-0.25, -0.2) is 4.39 Å². The third-order valence-corrected chi connectivity index (χ3v) is 4.71. The van der Waals surface area contributed by atoms with Crippen molar-refractivity contribution < 1.29 is 28.5 Å². The van der Waals surface area contributed by atoms with E-state index in [1.807, 2.05) is 30.3 Å². The number of carbonyl (C=O) groups is 1. The van der Waals surface area contributed by atoms with Gasteiger partial charge in [0.05, 0.1) is 6.61 Å². The number of carboxylic acids is 1. The summed E-state index contributed by atoms with van der Waals surface area (Å²) in [4.78, 5) is 11.3. The maximum atomic E-state index is 13.1. The van der Waals surface area contributed by atoms with Crippen LogP contribution >= 0.6 is 0 Å². The van der Waals surface area contributed by atoms with Crippen LogP contribution < -0.4 is 19.1 Å². The van der Waals surface area contributed by atoms with E-state index >= 15 is 0 Å². The van der Waals surface area contributed by atoms with E-state index in [-0.39, 0.29) is 5.82 Å². The molecule has 1 saturated heterocycles. The van der Waals surface area contributed by atoms with Gasteiger partial charge in [0.25, 0.3) is 5.97 Å². The summed E-state index contributed by atoms with van der Waals surface area (Å²) in [5, 5.41) is 7.42. The van der Waals surface area contributed by atoms with Crippen molar-refractivity contribution in [2.75, 3.05) is 37.8 Å². The second-order valence-corrected chi connectivity index (χ2v) is 7.07. The zero-order valence-corrected chi connectivity index (χ0v) is 16.5. The van der Waals surface area contributed by atoms with Crippen molar-refractivity contribution >= 4 is 11.7 Å². The topological polar surface area (TPSA) is 68.2 Å². The smallest absolute Gasteiger partial charge is 0.300 e. The zero-order chi connectivity index (χ0) is 20.6. The number of anilines is 1. The highest BCUT2D eigenvalue weighted by molar-refractivity contribution is 5.63. The summed E-state index contributed by atoms with van der Waals surface area (Å²) in [6.07, 6.45) is 2.26. The number of fused-ring (bicyclic) bond motifs is 1. The summed E-state index contributed by atoms with van der Waals surface area (Å²) in [7, 11) is 0. The van der Waals surface area contributed by atoms with E-state index in [1.165, 1.54) is 12.1 Å². The summed E-state index contributed by atoms with van der Waals surface area (Å²) >= 11 is 0. The first kappa shape index (κ1) is 20.8. The Morgan fingerprint density at radius 3 is 2.59 bits per heavy atom. The van der Waals surface area contributed by atoms with Crippen LogP contribution in [0.5, 0.6) is 17.2 Å². The van der Waals surface area contributed by atoms with Crippen molar-refractivity contribution in [3.8, 4) is 17.2 Å². The molecule has 0 amide bonds. The SMILES string of the molecule is CC(=O)O.Fc1ccc(N2CCCC(COc3ccc4c(c3)OCCO4)C2)cc1. The minimum absolute atomic E-state index is 0.195. The molecular weight excluding hydrogens is 377 g/mol.